The molecule has 138 valence electrons. The van der Waals surface area contributed by atoms with E-state index in [9.17, 15) is 18.0 Å². The van der Waals surface area contributed by atoms with Gasteiger partial charge in [0, 0.05) is 20.2 Å². The van der Waals surface area contributed by atoms with E-state index < -0.39 is 21.9 Å². The summed E-state index contributed by atoms with van der Waals surface area (Å²) >= 11 is 0. The first-order valence-corrected chi connectivity index (χ1v) is 9.71. The summed E-state index contributed by atoms with van der Waals surface area (Å²) < 4.78 is 34.8. The Morgan fingerprint density at radius 3 is 2.76 bits per heavy atom. The van der Waals surface area contributed by atoms with E-state index in [0.717, 1.165) is 11.8 Å². The maximum atomic E-state index is 12.1. The number of amides is 1. The third-order valence-corrected chi connectivity index (χ3v) is 4.93. The summed E-state index contributed by atoms with van der Waals surface area (Å²) in [6.07, 6.45) is 2.52. The molecule has 1 amide bonds. The summed E-state index contributed by atoms with van der Waals surface area (Å²) in [5.41, 5.74) is 1.65. The van der Waals surface area contributed by atoms with E-state index in [0.29, 0.717) is 43.8 Å². The van der Waals surface area contributed by atoms with Crippen molar-refractivity contribution in [1.82, 2.24) is 5.32 Å². The molecule has 1 aromatic rings. The van der Waals surface area contributed by atoms with Crippen LogP contribution < -0.4 is 9.62 Å². The number of ether oxygens (including phenoxy) is 2. The summed E-state index contributed by atoms with van der Waals surface area (Å²) in [5.74, 6) is -1.03. The Balaban J connectivity index is 2.01. The summed E-state index contributed by atoms with van der Waals surface area (Å²) in [6.45, 7) is 0.765. The molecule has 1 heterocycles. The van der Waals surface area contributed by atoms with Crippen LogP contribution in [0.15, 0.2) is 18.2 Å². The van der Waals surface area contributed by atoms with Crippen molar-refractivity contribution in [3.8, 4) is 0 Å². The van der Waals surface area contributed by atoms with Crippen LogP contribution >= 0.6 is 0 Å². The number of aryl methyl sites for hydroxylation is 1. The van der Waals surface area contributed by atoms with Crippen molar-refractivity contribution in [2.75, 3.05) is 44.0 Å². The van der Waals surface area contributed by atoms with Crippen molar-refractivity contribution in [1.29, 1.82) is 0 Å². The summed E-state index contributed by atoms with van der Waals surface area (Å²) in [5, 5.41) is 2.55. The second-order valence-electron chi connectivity index (χ2n) is 5.70. The zero-order valence-corrected chi connectivity index (χ0v) is 15.1. The molecule has 0 fully saturated rings. The van der Waals surface area contributed by atoms with Gasteiger partial charge in [-0.3, -0.25) is 9.10 Å². The van der Waals surface area contributed by atoms with E-state index in [1.807, 2.05) is 0 Å². The second kappa shape index (κ2) is 8.30. The molecule has 0 saturated heterocycles. The Hall–Kier alpha value is -2.13. The molecule has 0 spiro atoms. The predicted molar refractivity (Wildman–Crippen MR) is 92.1 cm³/mol. The highest BCUT2D eigenvalue weighted by atomic mass is 32.2. The van der Waals surface area contributed by atoms with Crippen molar-refractivity contribution >= 4 is 27.6 Å². The van der Waals surface area contributed by atoms with Gasteiger partial charge in [0.25, 0.3) is 5.91 Å². The van der Waals surface area contributed by atoms with Crippen LogP contribution in [0.3, 0.4) is 0 Å². The number of carbonyl (C=O) groups is 2. The average Bonchev–Trinajstić information content (AvgIpc) is 2.58. The molecule has 0 bridgehead atoms. The summed E-state index contributed by atoms with van der Waals surface area (Å²) in [4.78, 5) is 23.6. The molecule has 0 aromatic heterocycles. The van der Waals surface area contributed by atoms with Crippen molar-refractivity contribution in [2.24, 2.45) is 0 Å². The predicted octanol–water partition coefficient (Wildman–Crippen LogP) is 0.318. The van der Waals surface area contributed by atoms with E-state index in [1.165, 1.54) is 17.5 Å². The van der Waals surface area contributed by atoms with Crippen LogP contribution in [0.4, 0.5) is 5.69 Å². The topological polar surface area (TPSA) is 102 Å². The van der Waals surface area contributed by atoms with Gasteiger partial charge in [-0.05, 0) is 36.6 Å². The maximum Gasteiger partial charge on any atom is 0.338 e. The number of hydrogen-bond donors (Lipinski definition) is 1. The maximum absolute atomic E-state index is 12.1. The SMILES string of the molecule is COCCNC(=O)COC(=O)c1ccc2c(c1)CCCN2S(C)(=O)=O. The fraction of sp³-hybridized carbons (Fsp3) is 0.500. The number of fused-ring (bicyclic) bond motifs is 1. The lowest BCUT2D eigenvalue weighted by Crippen LogP contribution is -2.34. The number of esters is 1. The van der Waals surface area contributed by atoms with Crippen molar-refractivity contribution < 1.29 is 27.5 Å². The van der Waals surface area contributed by atoms with Crippen LogP contribution in [0.25, 0.3) is 0 Å². The minimum Gasteiger partial charge on any atom is -0.452 e. The molecule has 0 radical (unpaired) electrons. The molecule has 0 aliphatic carbocycles. The molecule has 2 rings (SSSR count). The van der Waals surface area contributed by atoms with E-state index in [4.69, 9.17) is 9.47 Å². The van der Waals surface area contributed by atoms with Crippen molar-refractivity contribution in [2.45, 2.75) is 12.8 Å². The first-order chi connectivity index (χ1) is 11.8. The molecule has 1 aromatic carbocycles. The van der Waals surface area contributed by atoms with E-state index in [-0.39, 0.29) is 6.61 Å². The number of benzene rings is 1. The summed E-state index contributed by atoms with van der Waals surface area (Å²) in [6, 6.07) is 4.73. The lowest BCUT2D eigenvalue weighted by Gasteiger charge is -2.29. The third-order valence-electron chi connectivity index (χ3n) is 3.75. The van der Waals surface area contributed by atoms with Crippen LogP contribution in [0.2, 0.25) is 0 Å². The van der Waals surface area contributed by atoms with Gasteiger partial charge in [-0.25, -0.2) is 13.2 Å². The molecule has 0 unspecified atom stereocenters. The second-order valence-corrected chi connectivity index (χ2v) is 7.61. The van der Waals surface area contributed by atoms with E-state index in [2.05, 4.69) is 5.32 Å². The molecule has 1 aliphatic heterocycles. The number of nitrogens with zero attached hydrogens (tertiary/aromatic N) is 1. The van der Waals surface area contributed by atoms with Crippen LogP contribution in [0.1, 0.15) is 22.3 Å². The number of nitrogens with one attached hydrogen (secondary N) is 1. The van der Waals surface area contributed by atoms with Gasteiger partial charge in [-0.2, -0.15) is 0 Å². The van der Waals surface area contributed by atoms with Crippen LogP contribution in [-0.2, 0) is 30.7 Å². The molecule has 25 heavy (non-hydrogen) atoms. The Morgan fingerprint density at radius 1 is 1.32 bits per heavy atom. The van der Waals surface area contributed by atoms with Gasteiger partial charge >= 0.3 is 5.97 Å². The first kappa shape index (κ1) is 19.2. The number of rotatable bonds is 7. The first-order valence-electron chi connectivity index (χ1n) is 7.86. The number of methoxy groups -OCH3 is 1. The highest BCUT2D eigenvalue weighted by Crippen LogP contribution is 2.30. The quantitative estimate of drug-likeness (QED) is 0.548. The number of sulfonamides is 1. The molecule has 0 atom stereocenters. The molecule has 1 aliphatic rings. The van der Waals surface area contributed by atoms with Gasteiger partial charge in [0.1, 0.15) is 0 Å². The molecular formula is C16H22N2O6S. The zero-order chi connectivity index (χ0) is 18.4. The fourth-order valence-corrected chi connectivity index (χ4v) is 3.59. The lowest BCUT2D eigenvalue weighted by molar-refractivity contribution is -0.124. The lowest BCUT2D eigenvalue weighted by atomic mass is 10.0. The third kappa shape index (κ3) is 5.17. The monoisotopic (exact) mass is 370 g/mol. The smallest absolute Gasteiger partial charge is 0.338 e. The zero-order valence-electron chi connectivity index (χ0n) is 14.3. The fourth-order valence-electron chi connectivity index (χ4n) is 2.59. The van der Waals surface area contributed by atoms with Crippen LogP contribution in [0.5, 0.6) is 0 Å². The van der Waals surface area contributed by atoms with Gasteiger partial charge in [-0.15, -0.1) is 0 Å². The highest BCUT2D eigenvalue weighted by molar-refractivity contribution is 7.92. The Labute approximate surface area is 147 Å². The summed E-state index contributed by atoms with van der Waals surface area (Å²) in [7, 11) is -1.83. The molecular weight excluding hydrogens is 348 g/mol. The normalized spacial score (nSPS) is 13.9. The number of anilines is 1. The highest BCUT2D eigenvalue weighted by Gasteiger charge is 2.25. The molecule has 9 heteroatoms. The largest absolute Gasteiger partial charge is 0.452 e. The Bertz CT molecular complexity index is 747. The standard InChI is InChI=1S/C16H22N2O6S/c1-23-9-7-17-15(19)11-24-16(20)13-5-6-14-12(10-13)4-3-8-18(14)25(2,21)22/h5-6,10H,3-4,7-9,11H2,1-2H3,(H,17,19). The van der Waals surface area contributed by atoms with E-state index in [1.54, 1.807) is 12.1 Å². The van der Waals surface area contributed by atoms with Gasteiger partial charge in [0.2, 0.25) is 10.0 Å². The van der Waals surface area contributed by atoms with Gasteiger partial charge in [0.15, 0.2) is 6.61 Å². The molecule has 1 N–H and O–H groups in total. The number of carbonyl (C=O) groups excluding carboxylic acids is 2. The van der Waals surface area contributed by atoms with Gasteiger partial charge < -0.3 is 14.8 Å². The van der Waals surface area contributed by atoms with Gasteiger partial charge in [-0.1, -0.05) is 0 Å². The average molecular weight is 370 g/mol. The Morgan fingerprint density at radius 2 is 2.08 bits per heavy atom. The van der Waals surface area contributed by atoms with Gasteiger partial charge in [0.05, 0.1) is 24.1 Å². The number of hydrogen-bond acceptors (Lipinski definition) is 6. The minimum absolute atomic E-state index is 0.291. The minimum atomic E-state index is -3.35. The Kier molecular flexibility index (Phi) is 6.38. The van der Waals surface area contributed by atoms with Crippen LogP contribution in [-0.4, -0.2) is 60.0 Å². The van der Waals surface area contributed by atoms with Crippen molar-refractivity contribution in [3.05, 3.63) is 29.3 Å². The molecule has 8 nitrogen and oxygen atoms in total. The van der Waals surface area contributed by atoms with E-state index >= 15 is 0 Å². The molecule has 0 saturated carbocycles. The van der Waals surface area contributed by atoms with Crippen molar-refractivity contribution in [3.63, 3.8) is 0 Å². The van der Waals surface area contributed by atoms with Crippen LogP contribution in [0, 0.1) is 0 Å².